The van der Waals surface area contributed by atoms with Crippen molar-refractivity contribution in [1.82, 2.24) is 19.2 Å². The second-order valence-electron chi connectivity index (χ2n) is 5.29. The van der Waals surface area contributed by atoms with Gasteiger partial charge in [-0.3, -0.25) is 0 Å². The first-order valence-corrected chi connectivity index (χ1v) is 7.91. The largest absolute Gasteiger partial charge is 0.496 e. The molecule has 9 heteroatoms. The quantitative estimate of drug-likeness (QED) is 0.516. The highest BCUT2D eigenvalue weighted by Crippen LogP contribution is 2.28. The van der Waals surface area contributed by atoms with E-state index in [0.29, 0.717) is 17.0 Å². The fourth-order valence-corrected chi connectivity index (χ4v) is 2.83. The van der Waals surface area contributed by atoms with Gasteiger partial charge in [0.05, 0.1) is 18.4 Å². The van der Waals surface area contributed by atoms with Crippen LogP contribution in [0.25, 0.3) is 23.0 Å². The number of hydrogen-bond donors (Lipinski definition) is 0. The van der Waals surface area contributed by atoms with Crippen LogP contribution in [0, 0.1) is 10.6 Å². The number of fused-ring (bicyclic) bond motifs is 1. The van der Waals surface area contributed by atoms with E-state index in [1.54, 1.807) is 18.2 Å². The van der Waals surface area contributed by atoms with Crippen LogP contribution in [0.5, 0.6) is 5.75 Å². The zero-order valence-electron chi connectivity index (χ0n) is 13.4. The molecule has 0 fully saturated rings. The molecule has 0 saturated heterocycles. The molecule has 130 valence electrons. The summed E-state index contributed by atoms with van der Waals surface area (Å²) < 4.78 is 26.5. The SMILES string of the molecule is COc1ccccc1-c1nn2c(=S)n(-c3ccc(F)cc3)c(=O)nc2o1. The van der Waals surface area contributed by atoms with E-state index in [-0.39, 0.29) is 16.5 Å². The average Bonchev–Trinajstić information content (AvgIpc) is 3.07. The minimum atomic E-state index is -0.649. The Balaban J connectivity index is 1.95. The third kappa shape index (κ3) is 2.58. The van der Waals surface area contributed by atoms with Crippen molar-refractivity contribution in [1.29, 1.82) is 0 Å². The van der Waals surface area contributed by atoms with Crippen molar-refractivity contribution in [3.8, 4) is 22.9 Å². The summed E-state index contributed by atoms with van der Waals surface area (Å²) >= 11 is 5.36. The third-order valence-electron chi connectivity index (χ3n) is 3.74. The van der Waals surface area contributed by atoms with Crippen LogP contribution in [0.4, 0.5) is 4.39 Å². The van der Waals surface area contributed by atoms with Crippen LogP contribution in [-0.4, -0.2) is 26.3 Å². The molecule has 0 atom stereocenters. The van der Waals surface area contributed by atoms with Crippen LogP contribution in [-0.2, 0) is 0 Å². The lowest BCUT2D eigenvalue weighted by Crippen LogP contribution is -2.24. The van der Waals surface area contributed by atoms with Gasteiger partial charge < -0.3 is 9.15 Å². The van der Waals surface area contributed by atoms with Gasteiger partial charge in [0.25, 0.3) is 5.89 Å². The Morgan fingerprint density at radius 1 is 1.15 bits per heavy atom. The standard InChI is InChI=1S/C17H11FN4O3S/c1-24-13-5-3-2-4-12(13)14-20-22-16(25-14)19-15(23)21(17(22)26)11-8-6-10(18)7-9-11/h2-9H,1H3. The second kappa shape index (κ2) is 6.19. The topological polar surface area (TPSA) is 74.6 Å². The van der Waals surface area contributed by atoms with E-state index in [2.05, 4.69) is 10.1 Å². The molecule has 0 radical (unpaired) electrons. The van der Waals surface area contributed by atoms with Gasteiger partial charge in [-0.25, -0.2) is 13.8 Å². The van der Waals surface area contributed by atoms with Crippen molar-refractivity contribution < 1.29 is 13.5 Å². The molecule has 2 aromatic heterocycles. The van der Waals surface area contributed by atoms with E-state index in [9.17, 15) is 9.18 Å². The molecule has 0 spiro atoms. The molecule has 0 aliphatic rings. The maximum atomic E-state index is 13.1. The molecule has 4 aromatic rings. The van der Waals surface area contributed by atoms with E-state index in [4.69, 9.17) is 21.4 Å². The molecule has 0 amide bonds. The zero-order valence-corrected chi connectivity index (χ0v) is 14.2. The Morgan fingerprint density at radius 3 is 2.62 bits per heavy atom. The highest BCUT2D eigenvalue weighted by atomic mass is 32.1. The number of ether oxygens (including phenoxy) is 1. The lowest BCUT2D eigenvalue weighted by molar-refractivity contribution is 0.414. The minimum absolute atomic E-state index is 0.0423. The van der Waals surface area contributed by atoms with Crippen LogP contribution in [0.1, 0.15) is 0 Å². The molecule has 26 heavy (non-hydrogen) atoms. The highest BCUT2D eigenvalue weighted by molar-refractivity contribution is 7.71. The number of para-hydroxylation sites is 1. The number of benzene rings is 2. The normalized spacial score (nSPS) is 11.0. The lowest BCUT2D eigenvalue weighted by atomic mass is 10.2. The number of nitrogens with zero attached hydrogens (tertiary/aromatic N) is 4. The molecule has 4 rings (SSSR count). The van der Waals surface area contributed by atoms with Crippen LogP contribution in [0.15, 0.2) is 57.7 Å². The Labute approximate surface area is 150 Å². The molecular formula is C17H11FN4O3S. The molecule has 7 nitrogen and oxygen atoms in total. The Kier molecular flexibility index (Phi) is 3.85. The van der Waals surface area contributed by atoms with Gasteiger partial charge in [-0.15, -0.1) is 10.1 Å². The van der Waals surface area contributed by atoms with Gasteiger partial charge in [-0.2, -0.15) is 4.52 Å². The van der Waals surface area contributed by atoms with E-state index in [1.165, 1.54) is 35.9 Å². The summed E-state index contributed by atoms with van der Waals surface area (Å²) in [7, 11) is 1.53. The zero-order chi connectivity index (χ0) is 18.3. The van der Waals surface area contributed by atoms with Crippen molar-refractivity contribution in [2.75, 3.05) is 7.11 Å². The first kappa shape index (κ1) is 16.2. The third-order valence-corrected chi connectivity index (χ3v) is 4.09. The van der Waals surface area contributed by atoms with Crippen LogP contribution >= 0.6 is 12.2 Å². The van der Waals surface area contributed by atoms with Crippen molar-refractivity contribution in [2.45, 2.75) is 0 Å². The number of rotatable bonds is 3. The molecule has 0 bridgehead atoms. The maximum absolute atomic E-state index is 13.1. The summed E-state index contributed by atoms with van der Waals surface area (Å²) in [6.45, 7) is 0. The van der Waals surface area contributed by atoms with Crippen molar-refractivity contribution >= 4 is 18.1 Å². The summed E-state index contributed by atoms with van der Waals surface area (Å²) in [5.74, 6) is 0.296. The van der Waals surface area contributed by atoms with Crippen molar-refractivity contribution in [3.05, 3.63) is 69.6 Å². The number of hydrogen-bond acceptors (Lipinski definition) is 6. The smallest absolute Gasteiger partial charge is 0.359 e. The van der Waals surface area contributed by atoms with Crippen LogP contribution in [0.3, 0.4) is 0 Å². The molecule has 0 N–H and O–H groups in total. The van der Waals surface area contributed by atoms with Gasteiger partial charge in [-0.1, -0.05) is 12.1 Å². The van der Waals surface area contributed by atoms with Gasteiger partial charge in [0, 0.05) is 0 Å². The van der Waals surface area contributed by atoms with Gasteiger partial charge in [0.15, 0.2) is 0 Å². The van der Waals surface area contributed by atoms with E-state index in [0.717, 1.165) is 4.57 Å². The Bertz CT molecular complexity index is 1230. The molecule has 0 aliphatic heterocycles. The molecule has 2 heterocycles. The van der Waals surface area contributed by atoms with Gasteiger partial charge in [0.1, 0.15) is 11.6 Å². The Hall–Kier alpha value is -3.33. The fraction of sp³-hybridized carbons (Fsp3) is 0.0588. The average molecular weight is 370 g/mol. The number of methoxy groups -OCH3 is 1. The lowest BCUT2D eigenvalue weighted by Gasteiger charge is -2.04. The van der Waals surface area contributed by atoms with Crippen LogP contribution < -0.4 is 10.4 Å². The Morgan fingerprint density at radius 2 is 1.88 bits per heavy atom. The van der Waals surface area contributed by atoms with E-state index in [1.807, 2.05) is 6.07 Å². The first-order valence-electron chi connectivity index (χ1n) is 7.51. The molecule has 0 aliphatic carbocycles. The molecule has 2 aromatic carbocycles. The summed E-state index contributed by atoms with van der Waals surface area (Å²) in [6, 6.07) is 12.5. The van der Waals surface area contributed by atoms with Gasteiger partial charge in [-0.05, 0) is 48.6 Å². The highest BCUT2D eigenvalue weighted by Gasteiger charge is 2.16. The van der Waals surface area contributed by atoms with E-state index < -0.39 is 11.5 Å². The molecule has 0 unspecified atom stereocenters. The van der Waals surface area contributed by atoms with Gasteiger partial charge >= 0.3 is 11.5 Å². The summed E-state index contributed by atoms with van der Waals surface area (Å²) in [4.78, 5) is 16.3. The van der Waals surface area contributed by atoms with Gasteiger partial charge in [0.2, 0.25) is 4.77 Å². The molecular weight excluding hydrogens is 359 g/mol. The maximum Gasteiger partial charge on any atom is 0.359 e. The summed E-state index contributed by atoms with van der Waals surface area (Å²) in [5, 5.41) is 4.31. The van der Waals surface area contributed by atoms with Crippen LogP contribution in [0.2, 0.25) is 0 Å². The second-order valence-corrected chi connectivity index (χ2v) is 5.66. The predicted octanol–water partition coefficient (Wildman–Crippen LogP) is 3.02. The predicted molar refractivity (Wildman–Crippen MR) is 93.6 cm³/mol. The summed E-state index contributed by atoms with van der Waals surface area (Å²) in [6.07, 6.45) is 0. The number of halogens is 1. The van der Waals surface area contributed by atoms with E-state index >= 15 is 0 Å². The number of aromatic nitrogens is 4. The first-order chi connectivity index (χ1) is 12.6. The monoisotopic (exact) mass is 370 g/mol. The van der Waals surface area contributed by atoms with Crippen molar-refractivity contribution in [3.63, 3.8) is 0 Å². The molecule has 0 saturated carbocycles. The minimum Gasteiger partial charge on any atom is -0.496 e. The summed E-state index contributed by atoms with van der Waals surface area (Å²) in [5.41, 5.74) is 0.324. The fourth-order valence-electron chi connectivity index (χ4n) is 2.53. The van der Waals surface area contributed by atoms with Crippen molar-refractivity contribution in [2.24, 2.45) is 0 Å².